The van der Waals surface area contributed by atoms with E-state index in [4.69, 9.17) is 16.3 Å². The number of halogens is 4. The van der Waals surface area contributed by atoms with Gasteiger partial charge in [-0.3, -0.25) is 14.5 Å². The zero-order valence-corrected chi connectivity index (χ0v) is 16.0. The van der Waals surface area contributed by atoms with E-state index in [1.54, 1.807) is 0 Å². The van der Waals surface area contributed by atoms with Gasteiger partial charge in [0.05, 0.1) is 28.3 Å². The standard InChI is InChI=1S/C22H13ClF3NO3/c23-18-10-14(22(24,25)26)6-9-19(18)30-15-7-8-16-17(11-15)21(29)27(20(16)28)12-13-4-2-1-3-5-13/h1-11H,12H2. The van der Waals surface area contributed by atoms with Crippen molar-refractivity contribution in [3.63, 3.8) is 0 Å². The Balaban J connectivity index is 1.58. The summed E-state index contributed by atoms with van der Waals surface area (Å²) in [6.45, 7) is 0.133. The van der Waals surface area contributed by atoms with Crippen molar-refractivity contribution >= 4 is 23.4 Å². The van der Waals surface area contributed by atoms with E-state index in [9.17, 15) is 22.8 Å². The number of hydrogen-bond acceptors (Lipinski definition) is 3. The molecule has 0 atom stereocenters. The molecule has 0 radical (unpaired) electrons. The molecule has 152 valence electrons. The van der Waals surface area contributed by atoms with Crippen LogP contribution in [-0.2, 0) is 12.7 Å². The summed E-state index contributed by atoms with van der Waals surface area (Å²) in [6.07, 6.45) is -4.52. The van der Waals surface area contributed by atoms with Crippen LogP contribution in [0, 0.1) is 0 Å². The predicted octanol–water partition coefficient (Wildman–Crippen LogP) is 5.95. The van der Waals surface area contributed by atoms with Crippen molar-refractivity contribution in [2.24, 2.45) is 0 Å². The molecule has 0 fully saturated rings. The third-order valence-electron chi connectivity index (χ3n) is 4.61. The Morgan fingerprint density at radius 3 is 2.23 bits per heavy atom. The van der Waals surface area contributed by atoms with Gasteiger partial charge >= 0.3 is 6.18 Å². The molecule has 0 unspecified atom stereocenters. The van der Waals surface area contributed by atoms with Crippen molar-refractivity contribution < 1.29 is 27.5 Å². The largest absolute Gasteiger partial charge is 0.456 e. The average Bonchev–Trinajstić information content (AvgIpc) is 2.94. The van der Waals surface area contributed by atoms with Gasteiger partial charge < -0.3 is 4.74 Å². The first-order valence-corrected chi connectivity index (χ1v) is 9.20. The van der Waals surface area contributed by atoms with E-state index in [0.717, 1.165) is 28.7 Å². The second-order valence-corrected chi connectivity index (χ2v) is 7.04. The van der Waals surface area contributed by atoms with Crippen molar-refractivity contribution in [1.82, 2.24) is 4.90 Å². The van der Waals surface area contributed by atoms with Gasteiger partial charge in [-0.1, -0.05) is 41.9 Å². The second kappa shape index (κ2) is 7.50. The maximum absolute atomic E-state index is 12.8. The maximum Gasteiger partial charge on any atom is 0.416 e. The monoisotopic (exact) mass is 431 g/mol. The molecule has 4 nitrogen and oxygen atoms in total. The Morgan fingerprint density at radius 2 is 1.57 bits per heavy atom. The van der Waals surface area contributed by atoms with E-state index < -0.39 is 23.6 Å². The molecule has 0 bridgehead atoms. The average molecular weight is 432 g/mol. The normalized spacial score (nSPS) is 13.5. The van der Waals surface area contributed by atoms with Crippen LogP contribution in [0.5, 0.6) is 11.5 Å². The van der Waals surface area contributed by atoms with Crippen molar-refractivity contribution in [3.8, 4) is 11.5 Å². The topological polar surface area (TPSA) is 46.6 Å². The number of carbonyl (C=O) groups is 2. The van der Waals surface area contributed by atoms with Crippen LogP contribution < -0.4 is 4.74 Å². The van der Waals surface area contributed by atoms with Crippen LogP contribution in [0.1, 0.15) is 31.8 Å². The van der Waals surface area contributed by atoms with E-state index >= 15 is 0 Å². The molecule has 0 spiro atoms. The van der Waals surface area contributed by atoms with Gasteiger partial charge in [0.15, 0.2) is 0 Å². The smallest absolute Gasteiger partial charge is 0.416 e. The minimum atomic E-state index is -4.52. The molecule has 0 saturated heterocycles. The molecule has 0 saturated carbocycles. The third-order valence-corrected chi connectivity index (χ3v) is 4.91. The number of amides is 2. The van der Waals surface area contributed by atoms with E-state index in [1.165, 1.54) is 18.2 Å². The Kier molecular flexibility index (Phi) is 4.99. The number of alkyl halides is 3. The summed E-state index contributed by atoms with van der Waals surface area (Å²) < 4.78 is 43.9. The summed E-state index contributed by atoms with van der Waals surface area (Å²) in [5, 5.41) is -0.224. The molecule has 1 heterocycles. The van der Waals surface area contributed by atoms with E-state index in [1.807, 2.05) is 30.3 Å². The van der Waals surface area contributed by atoms with Crippen LogP contribution in [0.15, 0.2) is 66.7 Å². The van der Waals surface area contributed by atoms with Crippen LogP contribution in [0.25, 0.3) is 0 Å². The van der Waals surface area contributed by atoms with Gasteiger partial charge in [-0.2, -0.15) is 13.2 Å². The number of hydrogen-bond donors (Lipinski definition) is 0. The van der Waals surface area contributed by atoms with Crippen LogP contribution in [0.2, 0.25) is 5.02 Å². The van der Waals surface area contributed by atoms with Crippen molar-refractivity contribution in [2.75, 3.05) is 0 Å². The molecular formula is C22H13ClF3NO3. The van der Waals surface area contributed by atoms with Gasteiger partial charge in [-0.05, 0) is 42.0 Å². The Labute approximate surface area is 174 Å². The number of imide groups is 1. The minimum absolute atomic E-state index is 0.00234. The first-order chi connectivity index (χ1) is 14.2. The van der Waals surface area contributed by atoms with E-state index in [2.05, 4.69) is 0 Å². The Bertz CT molecular complexity index is 1150. The quantitative estimate of drug-likeness (QED) is 0.480. The molecule has 8 heteroatoms. The SMILES string of the molecule is O=C1c2ccc(Oc3ccc(C(F)(F)F)cc3Cl)cc2C(=O)N1Cc1ccccc1. The molecule has 30 heavy (non-hydrogen) atoms. The first-order valence-electron chi connectivity index (χ1n) is 8.83. The summed E-state index contributed by atoms with van der Waals surface area (Å²) in [7, 11) is 0. The third kappa shape index (κ3) is 3.76. The lowest BCUT2D eigenvalue weighted by Gasteiger charge is -2.13. The molecule has 0 aliphatic carbocycles. The lowest BCUT2D eigenvalue weighted by Crippen LogP contribution is -2.29. The second-order valence-electron chi connectivity index (χ2n) is 6.63. The molecule has 4 rings (SSSR count). The first kappa shape index (κ1) is 20.0. The van der Waals surface area contributed by atoms with Crippen LogP contribution in [0.4, 0.5) is 13.2 Å². The molecule has 0 N–H and O–H groups in total. The lowest BCUT2D eigenvalue weighted by atomic mass is 10.1. The van der Waals surface area contributed by atoms with Gasteiger partial charge in [-0.25, -0.2) is 0 Å². The number of nitrogens with zero attached hydrogens (tertiary/aromatic N) is 1. The fourth-order valence-electron chi connectivity index (χ4n) is 3.13. The number of rotatable bonds is 4. The molecule has 3 aromatic rings. The van der Waals surface area contributed by atoms with Crippen LogP contribution in [-0.4, -0.2) is 16.7 Å². The highest BCUT2D eigenvalue weighted by Gasteiger charge is 2.36. The molecule has 1 aliphatic rings. The fraction of sp³-hybridized carbons (Fsp3) is 0.0909. The van der Waals surface area contributed by atoms with Gasteiger partial charge in [-0.15, -0.1) is 0 Å². The Hall–Kier alpha value is -3.32. The van der Waals surface area contributed by atoms with Gasteiger partial charge in [0.25, 0.3) is 11.8 Å². The lowest BCUT2D eigenvalue weighted by molar-refractivity contribution is -0.137. The summed E-state index contributed by atoms with van der Waals surface area (Å²) >= 11 is 5.91. The fourth-order valence-corrected chi connectivity index (χ4v) is 3.35. The Morgan fingerprint density at radius 1 is 0.867 bits per heavy atom. The molecule has 1 aliphatic heterocycles. The van der Waals surface area contributed by atoms with E-state index in [-0.39, 0.29) is 34.2 Å². The number of fused-ring (bicyclic) bond motifs is 1. The maximum atomic E-state index is 12.8. The molecule has 3 aromatic carbocycles. The summed E-state index contributed by atoms with van der Waals surface area (Å²) in [4.78, 5) is 26.5. The molecule has 2 amide bonds. The zero-order chi connectivity index (χ0) is 21.5. The predicted molar refractivity (Wildman–Crippen MR) is 104 cm³/mol. The highest BCUT2D eigenvalue weighted by molar-refractivity contribution is 6.32. The molecular weight excluding hydrogens is 419 g/mol. The number of carbonyl (C=O) groups excluding carboxylic acids is 2. The number of benzene rings is 3. The van der Waals surface area contributed by atoms with Crippen molar-refractivity contribution in [3.05, 3.63) is 94.0 Å². The number of ether oxygens (including phenoxy) is 1. The highest BCUT2D eigenvalue weighted by Crippen LogP contribution is 2.37. The van der Waals surface area contributed by atoms with Gasteiger partial charge in [0.1, 0.15) is 11.5 Å². The summed E-state index contributed by atoms with van der Waals surface area (Å²) in [6, 6.07) is 16.1. The van der Waals surface area contributed by atoms with Gasteiger partial charge in [0, 0.05) is 0 Å². The van der Waals surface area contributed by atoms with Gasteiger partial charge in [0.2, 0.25) is 0 Å². The highest BCUT2D eigenvalue weighted by atomic mass is 35.5. The molecule has 0 aromatic heterocycles. The summed E-state index contributed by atoms with van der Waals surface area (Å²) in [5.41, 5.74) is 0.310. The zero-order valence-electron chi connectivity index (χ0n) is 15.2. The van der Waals surface area contributed by atoms with Crippen molar-refractivity contribution in [1.29, 1.82) is 0 Å². The van der Waals surface area contributed by atoms with E-state index in [0.29, 0.717) is 0 Å². The van der Waals surface area contributed by atoms with Crippen molar-refractivity contribution in [2.45, 2.75) is 12.7 Å². The minimum Gasteiger partial charge on any atom is -0.456 e. The van der Waals surface area contributed by atoms with Crippen LogP contribution in [0.3, 0.4) is 0 Å². The summed E-state index contributed by atoms with van der Waals surface area (Å²) in [5.74, 6) is -0.707. The van der Waals surface area contributed by atoms with Crippen LogP contribution >= 0.6 is 11.6 Å².